The molecule has 1 heterocycles. The summed E-state index contributed by atoms with van der Waals surface area (Å²) in [6.45, 7) is 7.48. The summed E-state index contributed by atoms with van der Waals surface area (Å²) in [5, 5.41) is 3.42. The summed E-state index contributed by atoms with van der Waals surface area (Å²) in [7, 11) is 0. The molecule has 1 fully saturated rings. The van der Waals surface area contributed by atoms with Gasteiger partial charge in [0.2, 0.25) is 0 Å². The van der Waals surface area contributed by atoms with Crippen LogP contribution in [0.3, 0.4) is 0 Å². The molecule has 0 aliphatic carbocycles. The summed E-state index contributed by atoms with van der Waals surface area (Å²) in [5.74, 6) is 0. The number of hydrogen-bond donors (Lipinski definition) is 1. The van der Waals surface area contributed by atoms with Crippen LogP contribution in [0.4, 0.5) is 0 Å². The lowest BCUT2D eigenvalue weighted by atomic mass is 9.97. The first kappa shape index (κ1) is 9.01. The third-order valence-electron chi connectivity index (χ3n) is 2.64. The minimum Gasteiger partial charge on any atom is -0.374 e. The van der Waals surface area contributed by atoms with Gasteiger partial charge < -0.3 is 10.1 Å². The monoisotopic (exact) mass is 157 g/mol. The third-order valence-corrected chi connectivity index (χ3v) is 2.64. The highest BCUT2D eigenvalue weighted by Crippen LogP contribution is 2.21. The van der Waals surface area contributed by atoms with E-state index in [9.17, 15) is 0 Å². The summed E-state index contributed by atoms with van der Waals surface area (Å²) in [5.41, 5.74) is 0.135. The molecule has 1 rings (SSSR count). The van der Waals surface area contributed by atoms with Crippen molar-refractivity contribution in [3.05, 3.63) is 0 Å². The summed E-state index contributed by atoms with van der Waals surface area (Å²) in [6.07, 6.45) is 3.40. The lowest BCUT2D eigenvalue weighted by molar-refractivity contribution is -0.0387. The van der Waals surface area contributed by atoms with Gasteiger partial charge in [0.15, 0.2) is 0 Å². The van der Waals surface area contributed by atoms with Crippen molar-refractivity contribution >= 4 is 0 Å². The number of rotatable bonds is 2. The van der Waals surface area contributed by atoms with E-state index in [-0.39, 0.29) is 5.60 Å². The van der Waals surface area contributed by atoms with E-state index < -0.39 is 0 Å². The van der Waals surface area contributed by atoms with Gasteiger partial charge in [-0.2, -0.15) is 0 Å². The Bertz CT molecular complexity index is 100. The Labute approximate surface area is 69.3 Å². The van der Waals surface area contributed by atoms with Crippen molar-refractivity contribution in [1.82, 2.24) is 5.32 Å². The van der Waals surface area contributed by atoms with Crippen LogP contribution >= 0.6 is 0 Å². The van der Waals surface area contributed by atoms with E-state index in [4.69, 9.17) is 4.74 Å². The molecule has 1 aliphatic heterocycles. The van der Waals surface area contributed by atoms with Crippen molar-refractivity contribution in [2.24, 2.45) is 0 Å². The Kier molecular flexibility index (Phi) is 3.34. The molecule has 0 amide bonds. The van der Waals surface area contributed by atoms with E-state index in [1.165, 1.54) is 0 Å². The minimum absolute atomic E-state index is 0.135. The molecule has 0 aromatic carbocycles. The lowest BCUT2D eigenvalue weighted by Crippen LogP contribution is -2.39. The standard InChI is InChI=1S/C9H19NO/c1-3-9(4-2)8-10-6-5-7-11-9/h10H,3-8H2,1-2H3. The quantitative estimate of drug-likeness (QED) is 0.656. The van der Waals surface area contributed by atoms with Crippen LogP contribution in [0.15, 0.2) is 0 Å². The van der Waals surface area contributed by atoms with E-state index in [0.29, 0.717) is 0 Å². The topological polar surface area (TPSA) is 21.3 Å². The van der Waals surface area contributed by atoms with Crippen LogP contribution in [-0.4, -0.2) is 25.3 Å². The van der Waals surface area contributed by atoms with Crippen molar-refractivity contribution in [3.8, 4) is 0 Å². The fourth-order valence-electron chi connectivity index (χ4n) is 1.56. The first-order valence-corrected chi connectivity index (χ1v) is 4.67. The second-order valence-electron chi connectivity index (χ2n) is 3.27. The molecule has 0 radical (unpaired) electrons. The van der Waals surface area contributed by atoms with E-state index in [1.54, 1.807) is 0 Å². The molecule has 1 N–H and O–H groups in total. The molecular formula is C9H19NO. The average Bonchev–Trinajstić information content (AvgIpc) is 2.30. The van der Waals surface area contributed by atoms with Gasteiger partial charge in [-0.25, -0.2) is 0 Å². The normalized spacial score (nSPS) is 24.5. The average molecular weight is 157 g/mol. The maximum atomic E-state index is 5.83. The van der Waals surface area contributed by atoms with Gasteiger partial charge in [0.05, 0.1) is 5.60 Å². The molecule has 0 atom stereocenters. The fraction of sp³-hybridized carbons (Fsp3) is 1.00. The molecule has 11 heavy (non-hydrogen) atoms. The minimum atomic E-state index is 0.135. The van der Waals surface area contributed by atoms with Gasteiger partial charge in [-0.3, -0.25) is 0 Å². The Morgan fingerprint density at radius 3 is 2.73 bits per heavy atom. The van der Waals surface area contributed by atoms with Crippen molar-refractivity contribution < 1.29 is 4.74 Å². The van der Waals surface area contributed by atoms with Crippen LogP contribution in [-0.2, 0) is 4.74 Å². The molecule has 0 saturated carbocycles. The maximum Gasteiger partial charge on any atom is 0.0801 e. The van der Waals surface area contributed by atoms with Crippen LogP contribution < -0.4 is 5.32 Å². The van der Waals surface area contributed by atoms with E-state index in [1.807, 2.05) is 0 Å². The molecule has 0 unspecified atom stereocenters. The second kappa shape index (κ2) is 4.07. The van der Waals surface area contributed by atoms with Crippen LogP contribution in [0, 0.1) is 0 Å². The Morgan fingerprint density at radius 2 is 2.09 bits per heavy atom. The largest absolute Gasteiger partial charge is 0.374 e. The molecule has 0 aromatic rings. The van der Waals surface area contributed by atoms with Crippen LogP contribution in [0.5, 0.6) is 0 Å². The molecule has 2 heteroatoms. The molecule has 1 saturated heterocycles. The van der Waals surface area contributed by atoms with Crippen molar-refractivity contribution in [3.63, 3.8) is 0 Å². The zero-order chi connectivity index (χ0) is 8.16. The predicted octanol–water partition coefficient (Wildman–Crippen LogP) is 1.56. The summed E-state index contributed by atoms with van der Waals surface area (Å²) < 4.78 is 5.83. The summed E-state index contributed by atoms with van der Waals surface area (Å²) in [6, 6.07) is 0. The smallest absolute Gasteiger partial charge is 0.0801 e. The Morgan fingerprint density at radius 1 is 1.36 bits per heavy atom. The summed E-state index contributed by atoms with van der Waals surface area (Å²) in [4.78, 5) is 0. The molecule has 1 aliphatic rings. The SMILES string of the molecule is CCC1(CC)CNCCCO1. The third kappa shape index (κ3) is 2.17. The van der Waals surface area contributed by atoms with Gasteiger partial charge >= 0.3 is 0 Å². The van der Waals surface area contributed by atoms with Gasteiger partial charge in [-0.05, 0) is 25.8 Å². The van der Waals surface area contributed by atoms with E-state index in [0.717, 1.165) is 39.0 Å². The van der Waals surface area contributed by atoms with Crippen molar-refractivity contribution in [2.45, 2.75) is 38.7 Å². The highest BCUT2D eigenvalue weighted by atomic mass is 16.5. The first-order chi connectivity index (χ1) is 5.33. The Balaban J connectivity index is 2.49. The van der Waals surface area contributed by atoms with Gasteiger partial charge in [-0.15, -0.1) is 0 Å². The molecule has 0 spiro atoms. The van der Waals surface area contributed by atoms with Gasteiger partial charge in [-0.1, -0.05) is 13.8 Å². The van der Waals surface area contributed by atoms with E-state index in [2.05, 4.69) is 19.2 Å². The fourth-order valence-corrected chi connectivity index (χ4v) is 1.56. The van der Waals surface area contributed by atoms with Crippen molar-refractivity contribution in [1.29, 1.82) is 0 Å². The highest BCUT2D eigenvalue weighted by molar-refractivity contribution is 4.82. The molecule has 66 valence electrons. The van der Waals surface area contributed by atoms with Gasteiger partial charge in [0.25, 0.3) is 0 Å². The van der Waals surface area contributed by atoms with Crippen LogP contribution in [0.1, 0.15) is 33.1 Å². The molecule has 0 aromatic heterocycles. The van der Waals surface area contributed by atoms with Gasteiger partial charge in [0, 0.05) is 13.2 Å². The zero-order valence-corrected chi connectivity index (χ0v) is 7.65. The lowest BCUT2D eigenvalue weighted by Gasteiger charge is -2.29. The first-order valence-electron chi connectivity index (χ1n) is 4.67. The van der Waals surface area contributed by atoms with E-state index >= 15 is 0 Å². The van der Waals surface area contributed by atoms with Gasteiger partial charge in [0.1, 0.15) is 0 Å². The number of nitrogens with one attached hydrogen (secondary N) is 1. The molecule has 2 nitrogen and oxygen atoms in total. The highest BCUT2D eigenvalue weighted by Gasteiger charge is 2.27. The second-order valence-corrected chi connectivity index (χ2v) is 3.27. The predicted molar refractivity (Wildman–Crippen MR) is 46.8 cm³/mol. The van der Waals surface area contributed by atoms with Crippen LogP contribution in [0.25, 0.3) is 0 Å². The Hall–Kier alpha value is -0.0800. The summed E-state index contributed by atoms with van der Waals surface area (Å²) >= 11 is 0. The number of hydrogen-bond acceptors (Lipinski definition) is 2. The van der Waals surface area contributed by atoms with Crippen LogP contribution in [0.2, 0.25) is 0 Å². The molecule has 0 bridgehead atoms. The zero-order valence-electron chi connectivity index (χ0n) is 7.65. The maximum absolute atomic E-state index is 5.83. The molecular weight excluding hydrogens is 138 g/mol. The number of ether oxygens (including phenoxy) is 1. The van der Waals surface area contributed by atoms with Crippen molar-refractivity contribution in [2.75, 3.05) is 19.7 Å².